The summed E-state index contributed by atoms with van der Waals surface area (Å²) in [7, 11) is 0. The molecule has 0 saturated heterocycles. The van der Waals surface area contributed by atoms with Crippen LogP contribution < -0.4 is 5.32 Å². The third kappa shape index (κ3) is 6.22. The predicted molar refractivity (Wildman–Crippen MR) is 207 cm³/mol. The van der Waals surface area contributed by atoms with E-state index in [-0.39, 0.29) is 30.2 Å². The third-order valence-electron chi connectivity index (χ3n) is 11.2. The lowest BCUT2D eigenvalue weighted by Gasteiger charge is -2.44. The molecule has 2 heterocycles. The minimum atomic E-state index is -0.339. The third-order valence-corrected chi connectivity index (χ3v) is 11.2. The van der Waals surface area contributed by atoms with Crippen LogP contribution in [0.25, 0.3) is 12.2 Å². The van der Waals surface area contributed by atoms with Gasteiger partial charge in [-0.25, -0.2) is 9.98 Å². The lowest BCUT2D eigenvalue weighted by Crippen LogP contribution is -2.45. The molecule has 50 heavy (non-hydrogen) atoms. The highest BCUT2D eigenvalue weighted by atomic mass is 16.5. The smallest absolute Gasteiger partial charge is 0.166 e. The molecule has 1 N–H and O–H groups in total. The summed E-state index contributed by atoms with van der Waals surface area (Å²) in [5, 5.41) is 3.69. The molecule has 5 atom stereocenters. The van der Waals surface area contributed by atoms with Crippen LogP contribution in [-0.2, 0) is 17.6 Å². The van der Waals surface area contributed by atoms with E-state index >= 15 is 0 Å². The van der Waals surface area contributed by atoms with E-state index in [0.717, 1.165) is 80.6 Å². The average molecular weight is 656 g/mol. The summed E-state index contributed by atoms with van der Waals surface area (Å²) >= 11 is 0. The van der Waals surface area contributed by atoms with Crippen molar-refractivity contribution in [3.63, 3.8) is 0 Å². The van der Waals surface area contributed by atoms with Crippen molar-refractivity contribution in [2.75, 3.05) is 0 Å². The van der Waals surface area contributed by atoms with Gasteiger partial charge in [-0.3, -0.25) is 0 Å². The quantitative estimate of drug-likeness (QED) is 0.334. The first-order valence-electron chi connectivity index (χ1n) is 18.7. The van der Waals surface area contributed by atoms with Gasteiger partial charge in [-0.05, 0) is 103 Å². The van der Waals surface area contributed by atoms with Gasteiger partial charge in [-0.15, -0.1) is 0 Å². The number of nitrogens with zero attached hydrogens (tertiary/aromatic N) is 2. The Bertz CT molecular complexity index is 2020. The molecule has 0 saturated carbocycles. The Labute approximate surface area is 296 Å². The van der Waals surface area contributed by atoms with Crippen LogP contribution in [0.15, 0.2) is 142 Å². The average Bonchev–Trinajstić information content (AvgIpc) is 3.37. The Balaban J connectivity index is 1.13. The molecule has 9 rings (SSSR count). The minimum Gasteiger partial charge on any atom is -0.369 e. The maximum absolute atomic E-state index is 7.10. The standard InChI is InChI=1S/C46H45N3O/c1-2-4-7-18-35-29-38(25-23-31(35)14-6-3-1)45-47-44(33-16-8-5-9-17-33)48-46(49-45)41-27-26-40(36-24-22-32-15-10-11-19-34(32)28-36)43-42(41)37-20-12-13-21-39(30-37)50-43/h1-2,4,6-8,11-12,14,16-17,19-20,22-25,27-30,39-40,42-43,46H,3,5,9-10,13,15,18,21,26H2,(H,47,48,49)/b2-1-,7-4-,14-6?. The SMILES string of the molecule is C1=Cc2ccc(C3=NC(C4=CCC(c5ccc6c(c5)C=CCC6)C5OC6C=C(C=CCC6)C45)N=C(C4=CCCC=C4)N3)cc2C/C=C\C=C/C1. The van der Waals surface area contributed by atoms with Crippen molar-refractivity contribution < 1.29 is 4.74 Å². The molecule has 2 aromatic carbocycles. The van der Waals surface area contributed by atoms with E-state index in [1.807, 2.05) is 0 Å². The van der Waals surface area contributed by atoms with Gasteiger partial charge in [0, 0.05) is 23.0 Å². The fraction of sp³-hybridized carbons (Fsp3) is 0.304. The highest BCUT2D eigenvalue weighted by Gasteiger charge is 2.45. The number of benzene rings is 2. The first-order valence-corrected chi connectivity index (χ1v) is 18.7. The van der Waals surface area contributed by atoms with Crippen LogP contribution in [0.4, 0.5) is 0 Å². The number of ether oxygens (including phenoxy) is 1. The van der Waals surface area contributed by atoms with E-state index in [2.05, 4.69) is 133 Å². The van der Waals surface area contributed by atoms with Crippen molar-refractivity contribution in [1.82, 2.24) is 5.32 Å². The monoisotopic (exact) mass is 655 g/mol. The number of allylic oxidation sites excluding steroid dienone is 11. The fourth-order valence-electron chi connectivity index (χ4n) is 8.60. The van der Waals surface area contributed by atoms with E-state index in [1.165, 1.54) is 39.0 Å². The van der Waals surface area contributed by atoms with Crippen LogP contribution in [0, 0.1) is 5.92 Å². The molecule has 0 radical (unpaired) electrons. The van der Waals surface area contributed by atoms with Gasteiger partial charge < -0.3 is 10.1 Å². The summed E-state index contributed by atoms with van der Waals surface area (Å²) in [6.07, 6.45) is 43.1. The Morgan fingerprint density at radius 3 is 2.58 bits per heavy atom. The number of rotatable bonds is 4. The van der Waals surface area contributed by atoms with Crippen LogP contribution in [-0.4, -0.2) is 30.0 Å². The molecular weight excluding hydrogens is 611 g/mol. The van der Waals surface area contributed by atoms with Gasteiger partial charge in [-0.2, -0.15) is 0 Å². The van der Waals surface area contributed by atoms with Crippen LogP contribution in [0.2, 0.25) is 0 Å². The highest BCUT2D eigenvalue weighted by Crippen LogP contribution is 2.48. The van der Waals surface area contributed by atoms with Gasteiger partial charge in [0.25, 0.3) is 0 Å². The molecule has 250 valence electrons. The zero-order chi connectivity index (χ0) is 33.3. The van der Waals surface area contributed by atoms with Gasteiger partial charge in [-0.1, -0.05) is 121 Å². The molecule has 0 aromatic heterocycles. The molecule has 4 heteroatoms. The fourth-order valence-corrected chi connectivity index (χ4v) is 8.60. The summed E-state index contributed by atoms with van der Waals surface area (Å²) < 4.78 is 7.10. The number of aryl methyl sites for hydroxylation is 1. The summed E-state index contributed by atoms with van der Waals surface area (Å²) in [4.78, 5) is 10.9. The summed E-state index contributed by atoms with van der Waals surface area (Å²) in [6, 6.07) is 13.9. The van der Waals surface area contributed by atoms with Gasteiger partial charge >= 0.3 is 0 Å². The van der Waals surface area contributed by atoms with Crippen molar-refractivity contribution in [3.8, 4) is 0 Å². The number of hydrogen-bond acceptors (Lipinski definition) is 4. The molecule has 5 unspecified atom stereocenters. The Hall–Kier alpha value is -4.80. The van der Waals surface area contributed by atoms with Gasteiger partial charge in [0.2, 0.25) is 0 Å². The molecule has 0 fully saturated rings. The number of aliphatic imine (C=N–C) groups is 2. The van der Waals surface area contributed by atoms with Gasteiger partial charge in [0.05, 0.1) is 12.2 Å². The van der Waals surface area contributed by atoms with Crippen molar-refractivity contribution >= 4 is 23.8 Å². The number of nitrogens with one attached hydrogen (secondary N) is 1. The Morgan fingerprint density at radius 1 is 0.720 bits per heavy atom. The van der Waals surface area contributed by atoms with E-state index in [9.17, 15) is 0 Å². The van der Waals surface area contributed by atoms with Crippen molar-refractivity contribution in [2.45, 2.75) is 82.1 Å². The molecule has 4 nitrogen and oxygen atoms in total. The van der Waals surface area contributed by atoms with Crippen LogP contribution in [0.1, 0.15) is 84.2 Å². The molecule has 2 aliphatic heterocycles. The summed E-state index contributed by atoms with van der Waals surface area (Å²) in [5.41, 5.74) is 11.6. The number of fused-ring (bicyclic) bond motifs is 5. The minimum absolute atomic E-state index is 0.0337. The molecule has 0 amide bonds. The first-order chi connectivity index (χ1) is 24.8. The predicted octanol–water partition coefficient (Wildman–Crippen LogP) is 9.84. The maximum atomic E-state index is 7.10. The maximum Gasteiger partial charge on any atom is 0.166 e. The lowest BCUT2D eigenvalue weighted by atomic mass is 9.69. The molecular formula is C46H45N3O. The second-order valence-corrected chi connectivity index (χ2v) is 14.4. The van der Waals surface area contributed by atoms with Crippen molar-refractivity contribution in [1.29, 1.82) is 0 Å². The van der Waals surface area contributed by atoms with E-state index in [1.54, 1.807) is 0 Å². The molecule has 2 bridgehead atoms. The first kappa shape index (κ1) is 31.2. The van der Waals surface area contributed by atoms with Crippen molar-refractivity contribution in [2.24, 2.45) is 15.9 Å². The van der Waals surface area contributed by atoms with Gasteiger partial charge in [0.15, 0.2) is 6.17 Å². The number of hydrogen-bond donors (Lipinski definition) is 1. The largest absolute Gasteiger partial charge is 0.369 e. The number of amidine groups is 2. The molecule has 2 aromatic rings. The second kappa shape index (κ2) is 13.8. The lowest BCUT2D eigenvalue weighted by molar-refractivity contribution is -0.0380. The van der Waals surface area contributed by atoms with Gasteiger partial charge in [0.1, 0.15) is 11.7 Å². The van der Waals surface area contributed by atoms with Crippen LogP contribution >= 0.6 is 0 Å². The second-order valence-electron chi connectivity index (χ2n) is 14.4. The highest BCUT2D eigenvalue weighted by molar-refractivity contribution is 6.17. The molecule has 0 spiro atoms. The van der Waals surface area contributed by atoms with Crippen LogP contribution in [0.3, 0.4) is 0 Å². The van der Waals surface area contributed by atoms with Crippen LogP contribution in [0.5, 0.6) is 0 Å². The van der Waals surface area contributed by atoms with E-state index in [0.29, 0.717) is 0 Å². The molecule has 7 aliphatic rings. The Kier molecular flexibility index (Phi) is 8.64. The summed E-state index contributed by atoms with van der Waals surface area (Å²) in [6.45, 7) is 0. The zero-order valence-corrected chi connectivity index (χ0v) is 28.7. The van der Waals surface area contributed by atoms with Crippen molar-refractivity contribution in [3.05, 3.63) is 165 Å². The topological polar surface area (TPSA) is 46.0 Å². The normalized spacial score (nSPS) is 29.4. The van der Waals surface area contributed by atoms with E-state index in [4.69, 9.17) is 14.7 Å². The summed E-state index contributed by atoms with van der Waals surface area (Å²) in [5.74, 6) is 2.15. The molecule has 5 aliphatic carbocycles. The Morgan fingerprint density at radius 2 is 1.62 bits per heavy atom. The van der Waals surface area contributed by atoms with E-state index < -0.39 is 0 Å². The zero-order valence-electron chi connectivity index (χ0n) is 28.7.